The Hall–Kier alpha value is -1.36. The number of nitrogens with zero attached hydrogens (tertiary/aromatic N) is 3. The van der Waals surface area contributed by atoms with Crippen molar-refractivity contribution in [3.8, 4) is 0 Å². The predicted octanol–water partition coefficient (Wildman–Crippen LogP) is 1.91. The quantitative estimate of drug-likeness (QED) is 0.865. The van der Waals surface area contributed by atoms with E-state index in [0.717, 1.165) is 50.7 Å². The zero-order valence-electron chi connectivity index (χ0n) is 11.2. The molecule has 0 amide bonds. The predicted molar refractivity (Wildman–Crippen MR) is 73.1 cm³/mol. The van der Waals surface area contributed by atoms with Crippen molar-refractivity contribution in [2.24, 2.45) is 0 Å². The molecular formula is C13H22N4O. The monoisotopic (exact) mass is 250 g/mol. The summed E-state index contributed by atoms with van der Waals surface area (Å²) in [6.45, 7) is 4.75. The molecule has 18 heavy (non-hydrogen) atoms. The summed E-state index contributed by atoms with van der Waals surface area (Å²) in [7, 11) is 2.09. The largest absolute Gasteiger partial charge is 0.381 e. The molecule has 2 heterocycles. The van der Waals surface area contributed by atoms with E-state index < -0.39 is 0 Å². The molecule has 0 unspecified atom stereocenters. The van der Waals surface area contributed by atoms with Gasteiger partial charge in [0, 0.05) is 32.8 Å². The van der Waals surface area contributed by atoms with E-state index in [2.05, 4.69) is 34.2 Å². The fourth-order valence-corrected chi connectivity index (χ4v) is 2.12. The van der Waals surface area contributed by atoms with Gasteiger partial charge in [-0.1, -0.05) is 6.92 Å². The van der Waals surface area contributed by atoms with Gasteiger partial charge in [0.15, 0.2) is 0 Å². The van der Waals surface area contributed by atoms with Gasteiger partial charge >= 0.3 is 0 Å². The number of hydrogen-bond donors (Lipinski definition) is 1. The minimum atomic E-state index is 0.509. The van der Waals surface area contributed by atoms with E-state index in [1.807, 2.05) is 6.20 Å². The van der Waals surface area contributed by atoms with Gasteiger partial charge in [-0.15, -0.1) is 0 Å². The molecule has 0 saturated carbocycles. The first-order valence-electron chi connectivity index (χ1n) is 6.67. The Morgan fingerprint density at radius 3 is 2.89 bits per heavy atom. The van der Waals surface area contributed by atoms with E-state index in [0.29, 0.717) is 6.04 Å². The van der Waals surface area contributed by atoms with Gasteiger partial charge in [0.25, 0.3) is 0 Å². The third-order valence-electron chi connectivity index (χ3n) is 3.28. The Morgan fingerprint density at radius 2 is 2.17 bits per heavy atom. The van der Waals surface area contributed by atoms with Gasteiger partial charge < -0.3 is 15.0 Å². The van der Waals surface area contributed by atoms with E-state index in [1.165, 1.54) is 0 Å². The highest BCUT2D eigenvalue weighted by Crippen LogP contribution is 2.19. The molecule has 0 radical (unpaired) electrons. The average molecular weight is 250 g/mol. The summed E-state index contributed by atoms with van der Waals surface area (Å²) in [5.74, 6) is 1.79. The van der Waals surface area contributed by atoms with Crippen molar-refractivity contribution in [1.82, 2.24) is 9.97 Å². The van der Waals surface area contributed by atoms with Crippen molar-refractivity contribution >= 4 is 11.6 Å². The number of ether oxygens (including phenoxy) is 1. The molecule has 2 rings (SSSR count). The lowest BCUT2D eigenvalue weighted by molar-refractivity contribution is 0.0853. The molecule has 100 valence electrons. The molecule has 1 aromatic rings. The minimum Gasteiger partial charge on any atom is -0.381 e. The van der Waals surface area contributed by atoms with Crippen LogP contribution >= 0.6 is 0 Å². The Bertz CT molecular complexity index is 366. The topological polar surface area (TPSA) is 50.3 Å². The summed E-state index contributed by atoms with van der Waals surface area (Å²) >= 11 is 0. The van der Waals surface area contributed by atoms with Gasteiger partial charge in [-0.05, 0) is 19.3 Å². The molecular weight excluding hydrogens is 228 g/mol. The highest BCUT2D eigenvalue weighted by Gasteiger charge is 2.19. The maximum absolute atomic E-state index is 5.39. The molecule has 0 spiro atoms. The van der Waals surface area contributed by atoms with Crippen LogP contribution in [0.4, 0.5) is 11.6 Å². The Morgan fingerprint density at radius 1 is 1.39 bits per heavy atom. The van der Waals surface area contributed by atoms with Gasteiger partial charge in [0.05, 0.1) is 12.4 Å². The van der Waals surface area contributed by atoms with Gasteiger partial charge in [-0.25, -0.2) is 4.98 Å². The molecule has 0 aliphatic carbocycles. The van der Waals surface area contributed by atoms with Crippen LogP contribution in [0.3, 0.4) is 0 Å². The summed E-state index contributed by atoms with van der Waals surface area (Å²) in [4.78, 5) is 11.1. The lowest BCUT2D eigenvalue weighted by atomic mass is 10.1. The van der Waals surface area contributed by atoms with Gasteiger partial charge in [-0.2, -0.15) is 0 Å². The molecule has 1 aliphatic rings. The van der Waals surface area contributed by atoms with Crippen LogP contribution in [-0.2, 0) is 4.74 Å². The maximum Gasteiger partial charge on any atom is 0.149 e. The van der Waals surface area contributed by atoms with Crippen molar-refractivity contribution in [2.75, 3.05) is 37.0 Å². The van der Waals surface area contributed by atoms with E-state index in [4.69, 9.17) is 4.74 Å². The average Bonchev–Trinajstić information content (AvgIpc) is 2.45. The van der Waals surface area contributed by atoms with E-state index in [-0.39, 0.29) is 0 Å². The number of rotatable bonds is 5. The molecule has 0 bridgehead atoms. The molecule has 0 atom stereocenters. The Kier molecular flexibility index (Phi) is 4.75. The molecule has 5 nitrogen and oxygen atoms in total. The second-order valence-corrected chi connectivity index (χ2v) is 4.64. The normalized spacial score (nSPS) is 16.6. The molecule has 0 aromatic carbocycles. The van der Waals surface area contributed by atoms with Crippen LogP contribution < -0.4 is 10.2 Å². The van der Waals surface area contributed by atoms with Crippen LogP contribution in [0.1, 0.15) is 26.2 Å². The van der Waals surface area contributed by atoms with Crippen molar-refractivity contribution < 1.29 is 4.74 Å². The molecule has 5 heteroatoms. The molecule has 1 aromatic heterocycles. The summed E-state index contributed by atoms with van der Waals surface area (Å²) in [6.07, 6.45) is 6.81. The van der Waals surface area contributed by atoms with Crippen LogP contribution in [0.2, 0.25) is 0 Å². The number of nitrogens with one attached hydrogen (secondary N) is 1. The fraction of sp³-hybridized carbons (Fsp3) is 0.692. The molecule has 1 saturated heterocycles. The zero-order valence-corrected chi connectivity index (χ0v) is 11.2. The zero-order chi connectivity index (χ0) is 12.8. The number of anilines is 2. The van der Waals surface area contributed by atoms with Gasteiger partial charge in [0.2, 0.25) is 0 Å². The first-order chi connectivity index (χ1) is 8.81. The Balaban J connectivity index is 2.02. The van der Waals surface area contributed by atoms with Crippen LogP contribution in [-0.4, -0.2) is 42.8 Å². The Labute approximate surface area is 109 Å². The fourth-order valence-electron chi connectivity index (χ4n) is 2.12. The second kappa shape index (κ2) is 6.54. The molecule has 1 fully saturated rings. The maximum atomic E-state index is 5.39. The lowest BCUT2D eigenvalue weighted by Crippen LogP contribution is -2.37. The third kappa shape index (κ3) is 3.32. The van der Waals surface area contributed by atoms with Gasteiger partial charge in [-0.3, -0.25) is 4.98 Å². The van der Waals surface area contributed by atoms with Crippen LogP contribution in [0.25, 0.3) is 0 Å². The van der Waals surface area contributed by atoms with Crippen molar-refractivity contribution in [2.45, 2.75) is 32.2 Å². The summed E-state index contributed by atoms with van der Waals surface area (Å²) < 4.78 is 5.39. The van der Waals surface area contributed by atoms with E-state index in [1.54, 1.807) is 6.20 Å². The number of aromatic nitrogens is 2. The lowest BCUT2D eigenvalue weighted by Gasteiger charge is -2.31. The highest BCUT2D eigenvalue weighted by atomic mass is 16.5. The van der Waals surface area contributed by atoms with E-state index in [9.17, 15) is 0 Å². The number of hydrogen-bond acceptors (Lipinski definition) is 5. The SMILES string of the molecule is CCCNc1cncc(N(C)C2CCOCC2)n1. The van der Waals surface area contributed by atoms with Crippen LogP contribution in [0.5, 0.6) is 0 Å². The van der Waals surface area contributed by atoms with Crippen molar-refractivity contribution in [3.05, 3.63) is 12.4 Å². The van der Waals surface area contributed by atoms with Crippen molar-refractivity contribution in [3.63, 3.8) is 0 Å². The molecule has 1 N–H and O–H groups in total. The first-order valence-corrected chi connectivity index (χ1v) is 6.67. The smallest absolute Gasteiger partial charge is 0.149 e. The summed E-state index contributed by atoms with van der Waals surface area (Å²) in [6, 6.07) is 0.509. The first kappa shape index (κ1) is 13.1. The minimum absolute atomic E-state index is 0.509. The highest BCUT2D eigenvalue weighted by molar-refractivity contribution is 5.44. The van der Waals surface area contributed by atoms with Crippen molar-refractivity contribution in [1.29, 1.82) is 0 Å². The summed E-state index contributed by atoms with van der Waals surface area (Å²) in [5.41, 5.74) is 0. The molecule has 1 aliphatic heterocycles. The standard InChI is InChI=1S/C13H22N4O/c1-3-6-15-12-9-14-10-13(16-12)17(2)11-4-7-18-8-5-11/h9-11H,3-8H2,1-2H3,(H,15,16). The summed E-state index contributed by atoms with van der Waals surface area (Å²) in [5, 5.41) is 3.27. The van der Waals surface area contributed by atoms with Gasteiger partial charge in [0.1, 0.15) is 11.6 Å². The van der Waals surface area contributed by atoms with E-state index >= 15 is 0 Å². The third-order valence-corrected chi connectivity index (χ3v) is 3.28. The van der Waals surface area contributed by atoms with Crippen LogP contribution in [0.15, 0.2) is 12.4 Å². The second-order valence-electron chi connectivity index (χ2n) is 4.64. The van der Waals surface area contributed by atoms with Crippen LogP contribution in [0, 0.1) is 0 Å².